The number of aromatic nitrogens is 2. The van der Waals surface area contributed by atoms with Crippen molar-refractivity contribution in [3.63, 3.8) is 0 Å². The maximum atomic E-state index is 4.26. The summed E-state index contributed by atoms with van der Waals surface area (Å²) < 4.78 is 0. The number of nitrogens with zero attached hydrogens (tertiary/aromatic N) is 4. The molecule has 0 fully saturated rings. The van der Waals surface area contributed by atoms with E-state index in [9.17, 15) is 0 Å². The minimum absolute atomic E-state index is 0.889. The van der Waals surface area contributed by atoms with Gasteiger partial charge in [-0.05, 0) is 24.5 Å². The Morgan fingerprint density at radius 2 is 2.09 bits per heavy atom. The van der Waals surface area contributed by atoms with Crippen molar-refractivity contribution in [1.82, 2.24) is 9.97 Å². The van der Waals surface area contributed by atoms with Crippen LogP contribution in [0.2, 0.25) is 0 Å². The van der Waals surface area contributed by atoms with Crippen LogP contribution in [0.4, 0.5) is 17.3 Å². The van der Waals surface area contributed by atoms with Crippen LogP contribution in [0.1, 0.15) is 12.0 Å². The van der Waals surface area contributed by atoms with E-state index < -0.39 is 0 Å². The van der Waals surface area contributed by atoms with Crippen molar-refractivity contribution >= 4 is 17.3 Å². The van der Waals surface area contributed by atoms with Gasteiger partial charge in [0.1, 0.15) is 18.0 Å². The van der Waals surface area contributed by atoms with Crippen molar-refractivity contribution in [3.8, 4) is 0 Å². The van der Waals surface area contributed by atoms with Crippen LogP contribution in [0.3, 0.4) is 0 Å². The van der Waals surface area contributed by atoms with E-state index in [2.05, 4.69) is 44.5 Å². The molecule has 0 spiro atoms. The van der Waals surface area contributed by atoms with Gasteiger partial charge in [-0.2, -0.15) is 0 Å². The van der Waals surface area contributed by atoms with Crippen LogP contribution >= 0.6 is 0 Å². The van der Waals surface area contributed by atoms with Gasteiger partial charge in [0.15, 0.2) is 0 Å². The fourth-order valence-electron chi connectivity index (χ4n) is 2.81. The summed E-state index contributed by atoms with van der Waals surface area (Å²) in [5.41, 5.74) is 2.88. The number of hydrogen-bond donors (Lipinski definition) is 1. The highest BCUT2D eigenvalue weighted by molar-refractivity contribution is 5.57. The molecule has 0 aliphatic carbocycles. The highest BCUT2D eigenvalue weighted by atomic mass is 15.2. The van der Waals surface area contributed by atoms with Crippen LogP contribution in [0, 0.1) is 0 Å². The molecule has 1 aromatic heterocycles. The molecule has 1 N–H and O–H groups in total. The van der Waals surface area contributed by atoms with E-state index in [1.54, 1.807) is 6.33 Å². The average molecular weight is 297 g/mol. The third kappa shape index (κ3) is 3.30. The predicted octanol–water partition coefficient (Wildman–Crippen LogP) is 2.41. The monoisotopic (exact) mass is 297 g/mol. The normalized spacial score (nSPS) is 13.1. The van der Waals surface area contributed by atoms with Crippen molar-refractivity contribution in [2.75, 3.05) is 48.8 Å². The second-order valence-electron chi connectivity index (χ2n) is 5.80. The Morgan fingerprint density at radius 1 is 1.23 bits per heavy atom. The molecular formula is C17H23N5. The van der Waals surface area contributed by atoms with E-state index >= 15 is 0 Å². The summed E-state index contributed by atoms with van der Waals surface area (Å²) >= 11 is 0. The largest absolute Gasteiger partial charge is 0.371 e. The van der Waals surface area contributed by atoms with Gasteiger partial charge in [0.2, 0.25) is 0 Å². The minimum Gasteiger partial charge on any atom is -0.371 e. The number of nitrogens with one attached hydrogen (secondary N) is 1. The van der Waals surface area contributed by atoms with Crippen LogP contribution in [0.5, 0.6) is 0 Å². The molecule has 0 amide bonds. The molecule has 0 bridgehead atoms. The Bertz CT molecular complexity index is 626. The number of hydrogen-bond acceptors (Lipinski definition) is 5. The quantitative estimate of drug-likeness (QED) is 0.830. The van der Waals surface area contributed by atoms with Gasteiger partial charge in [0.25, 0.3) is 0 Å². The Morgan fingerprint density at radius 3 is 2.95 bits per heavy atom. The molecule has 0 radical (unpaired) electrons. The molecule has 0 saturated heterocycles. The highest BCUT2D eigenvalue weighted by Gasteiger charge is 2.17. The first-order valence-corrected chi connectivity index (χ1v) is 7.80. The van der Waals surface area contributed by atoms with Crippen LogP contribution in [0.25, 0.3) is 0 Å². The molecule has 116 valence electrons. The molecule has 2 aromatic rings. The summed E-state index contributed by atoms with van der Waals surface area (Å²) in [5.74, 6) is 1.81. The van der Waals surface area contributed by atoms with E-state index in [0.29, 0.717) is 0 Å². The van der Waals surface area contributed by atoms with Crippen LogP contribution in [0.15, 0.2) is 36.7 Å². The molecule has 1 aliphatic heterocycles. The van der Waals surface area contributed by atoms with Crippen molar-refractivity contribution in [2.24, 2.45) is 0 Å². The minimum atomic E-state index is 0.889. The molecule has 1 aromatic carbocycles. The predicted molar refractivity (Wildman–Crippen MR) is 91.8 cm³/mol. The first kappa shape index (κ1) is 14.6. The Hall–Kier alpha value is -2.30. The summed E-state index contributed by atoms with van der Waals surface area (Å²) in [6.07, 6.45) is 3.87. The van der Waals surface area contributed by atoms with Gasteiger partial charge in [0.05, 0.1) is 0 Å². The average Bonchev–Trinajstić information content (AvgIpc) is 2.95. The molecule has 0 saturated carbocycles. The topological polar surface area (TPSA) is 44.3 Å². The summed E-state index contributed by atoms with van der Waals surface area (Å²) in [5, 5.41) is 3.38. The highest BCUT2D eigenvalue weighted by Crippen LogP contribution is 2.27. The third-order valence-electron chi connectivity index (χ3n) is 4.01. The zero-order valence-corrected chi connectivity index (χ0v) is 13.3. The SMILES string of the molecule is CN(C)c1cc(NCCCN2CCc3ccccc32)ncn1. The number of rotatable bonds is 6. The van der Waals surface area contributed by atoms with Gasteiger partial charge >= 0.3 is 0 Å². The zero-order valence-electron chi connectivity index (χ0n) is 13.3. The fourth-order valence-corrected chi connectivity index (χ4v) is 2.81. The molecule has 0 unspecified atom stereocenters. The van der Waals surface area contributed by atoms with Gasteiger partial charge in [0, 0.05) is 45.5 Å². The van der Waals surface area contributed by atoms with Crippen molar-refractivity contribution in [2.45, 2.75) is 12.8 Å². The third-order valence-corrected chi connectivity index (χ3v) is 4.01. The van der Waals surface area contributed by atoms with Gasteiger partial charge in [-0.1, -0.05) is 18.2 Å². The Balaban J connectivity index is 1.48. The van der Waals surface area contributed by atoms with Crippen molar-refractivity contribution < 1.29 is 0 Å². The standard InChI is InChI=1S/C17H23N5/c1-21(2)17-12-16(19-13-20-17)18-9-5-10-22-11-8-14-6-3-4-7-15(14)22/h3-4,6-7,12-13H,5,8-11H2,1-2H3,(H,18,19,20). The van der Waals surface area contributed by atoms with Crippen LogP contribution < -0.4 is 15.1 Å². The molecule has 2 heterocycles. The van der Waals surface area contributed by atoms with Crippen molar-refractivity contribution in [1.29, 1.82) is 0 Å². The van der Waals surface area contributed by atoms with E-state index in [4.69, 9.17) is 0 Å². The maximum absolute atomic E-state index is 4.26. The fraction of sp³-hybridized carbons (Fsp3) is 0.412. The molecule has 1 aliphatic rings. The summed E-state index contributed by atoms with van der Waals surface area (Å²) in [7, 11) is 3.97. The lowest BCUT2D eigenvalue weighted by Crippen LogP contribution is -2.23. The first-order valence-electron chi connectivity index (χ1n) is 7.80. The van der Waals surface area contributed by atoms with Gasteiger partial charge in [-0.3, -0.25) is 0 Å². The summed E-state index contributed by atoms with van der Waals surface area (Å²) in [4.78, 5) is 12.9. The molecule has 5 nitrogen and oxygen atoms in total. The second kappa shape index (κ2) is 6.64. The van der Waals surface area contributed by atoms with Crippen LogP contribution in [-0.2, 0) is 6.42 Å². The first-order chi connectivity index (χ1) is 10.7. The zero-order chi connectivity index (χ0) is 15.4. The van der Waals surface area contributed by atoms with E-state index in [0.717, 1.165) is 37.7 Å². The number of benzene rings is 1. The molecule has 0 atom stereocenters. The maximum Gasteiger partial charge on any atom is 0.133 e. The molecular weight excluding hydrogens is 274 g/mol. The number of fused-ring (bicyclic) bond motifs is 1. The Kier molecular flexibility index (Phi) is 4.42. The Labute approximate surface area is 132 Å². The lowest BCUT2D eigenvalue weighted by atomic mass is 10.2. The van der Waals surface area contributed by atoms with Gasteiger partial charge in [-0.25, -0.2) is 9.97 Å². The second-order valence-corrected chi connectivity index (χ2v) is 5.80. The lowest BCUT2D eigenvalue weighted by Gasteiger charge is -2.19. The van der Waals surface area contributed by atoms with Gasteiger partial charge in [-0.15, -0.1) is 0 Å². The van der Waals surface area contributed by atoms with E-state index in [1.165, 1.54) is 17.7 Å². The number of para-hydroxylation sites is 1. The molecule has 22 heavy (non-hydrogen) atoms. The molecule has 5 heteroatoms. The summed E-state index contributed by atoms with van der Waals surface area (Å²) in [6, 6.07) is 10.7. The van der Waals surface area contributed by atoms with E-state index in [1.807, 2.05) is 25.1 Å². The van der Waals surface area contributed by atoms with Gasteiger partial charge < -0.3 is 15.1 Å². The smallest absolute Gasteiger partial charge is 0.133 e. The van der Waals surface area contributed by atoms with E-state index in [-0.39, 0.29) is 0 Å². The van der Waals surface area contributed by atoms with Crippen LogP contribution in [-0.4, -0.2) is 43.7 Å². The lowest BCUT2D eigenvalue weighted by molar-refractivity contribution is 0.772. The molecule has 3 rings (SSSR count). The number of anilines is 3. The summed E-state index contributed by atoms with van der Waals surface area (Å²) in [6.45, 7) is 3.13. The van der Waals surface area contributed by atoms with Crippen molar-refractivity contribution in [3.05, 3.63) is 42.2 Å².